The summed E-state index contributed by atoms with van der Waals surface area (Å²) in [5.74, 6) is 0. The molecule has 23 heavy (non-hydrogen) atoms. The lowest BCUT2D eigenvalue weighted by Crippen LogP contribution is -2.51. The van der Waals surface area contributed by atoms with Gasteiger partial charge in [0, 0.05) is 51.8 Å². The molecule has 1 aromatic rings. The first-order valence-corrected chi connectivity index (χ1v) is 9.09. The number of nitrogens with one attached hydrogen (secondary N) is 1. The lowest BCUT2D eigenvalue weighted by molar-refractivity contribution is -0.0792. The number of nitrogens with zero attached hydrogens (tertiary/aromatic N) is 3. The zero-order valence-corrected chi connectivity index (χ0v) is 15.0. The number of urea groups is 1. The summed E-state index contributed by atoms with van der Waals surface area (Å²) in [6.07, 6.45) is 2.83. The molecule has 128 valence electrons. The van der Waals surface area contributed by atoms with Crippen LogP contribution in [0.3, 0.4) is 0 Å². The van der Waals surface area contributed by atoms with Gasteiger partial charge >= 0.3 is 6.03 Å². The van der Waals surface area contributed by atoms with Crippen LogP contribution in [0.25, 0.3) is 0 Å². The highest BCUT2D eigenvalue weighted by Gasteiger charge is 2.43. The number of hydrogen-bond acceptors (Lipinski definition) is 5. The second kappa shape index (κ2) is 6.75. The molecule has 1 N–H and O–H groups in total. The van der Waals surface area contributed by atoms with Crippen LogP contribution < -0.4 is 5.32 Å². The average Bonchev–Trinajstić information content (AvgIpc) is 3.06. The third-order valence-electron chi connectivity index (χ3n) is 4.67. The van der Waals surface area contributed by atoms with Gasteiger partial charge in [-0.05, 0) is 26.2 Å². The molecule has 2 atom stereocenters. The first kappa shape index (κ1) is 16.7. The Morgan fingerprint density at radius 2 is 2.43 bits per heavy atom. The number of carbonyl (C=O) groups excluding carboxylic acids is 1. The maximum atomic E-state index is 11.9. The average molecular weight is 338 g/mol. The van der Waals surface area contributed by atoms with Crippen LogP contribution in [0.2, 0.25) is 0 Å². The SMILES string of the molecule is Cc1nc(CN2CC[C@@]3(C[C@@H](NC(=O)N(C)C)CCO3)C2)cs1. The van der Waals surface area contributed by atoms with Gasteiger partial charge in [0.25, 0.3) is 0 Å². The van der Waals surface area contributed by atoms with E-state index in [-0.39, 0.29) is 17.7 Å². The summed E-state index contributed by atoms with van der Waals surface area (Å²) in [6, 6.07) is 0.194. The first-order chi connectivity index (χ1) is 11.0. The number of likely N-dealkylation sites (tertiary alicyclic amines) is 1. The van der Waals surface area contributed by atoms with Crippen molar-refractivity contribution >= 4 is 17.4 Å². The van der Waals surface area contributed by atoms with Crippen LogP contribution in [0, 0.1) is 6.92 Å². The van der Waals surface area contributed by atoms with E-state index in [4.69, 9.17) is 4.74 Å². The molecule has 2 aliphatic rings. The zero-order chi connectivity index (χ0) is 16.4. The molecule has 0 saturated carbocycles. The van der Waals surface area contributed by atoms with Crippen molar-refractivity contribution in [3.8, 4) is 0 Å². The summed E-state index contributed by atoms with van der Waals surface area (Å²) in [5.41, 5.74) is 1.05. The Labute approximate surface area is 141 Å². The highest BCUT2D eigenvalue weighted by atomic mass is 32.1. The van der Waals surface area contributed by atoms with Crippen molar-refractivity contribution < 1.29 is 9.53 Å². The molecule has 1 spiro atoms. The second-order valence-electron chi connectivity index (χ2n) is 6.88. The molecule has 6 nitrogen and oxygen atoms in total. The van der Waals surface area contributed by atoms with Crippen LogP contribution in [0.4, 0.5) is 4.79 Å². The normalized spacial score (nSPS) is 28.2. The molecule has 0 unspecified atom stereocenters. The minimum atomic E-state index is -0.104. The van der Waals surface area contributed by atoms with Crippen LogP contribution in [0.1, 0.15) is 30.0 Å². The number of aryl methyl sites for hydroxylation is 1. The van der Waals surface area contributed by atoms with Crippen LogP contribution >= 0.6 is 11.3 Å². The predicted molar refractivity (Wildman–Crippen MR) is 90.7 cm³/mol. The highest BCUT2D eigenvalue weighted by Crippen LogP contribution is 2.35. The number of thiazole rings is 1. The van der Waals surface area contributed by atoms with Crippen LogP contribution in [-0.4, -0.2) is 66.2 Å². The van der Waals surface area contributed by atoms with Crippen LogP contribution in [0.15, 0.2) is 5.38 Å². The van der Waals surface area contributed by atoms with Gasteiger partial charge in [-0.25, -0.2) is 9.78 Å². The fourth-order valence-corrected chi connectivity index (χ4v) is 4.12. The minimum absolute atomic E-state index is 0.0140. The predicted octanol–water partition coefficient (Wildman–Crippen LogP) is 1.85. The fraction of sp³-hybridized carbons (Fsp3) is 0.750. The van der Waals surface area contributed by atoms with Gasteiger partial charge in [0.05, 0.1) is 16.3 Å². The molecule has 2 fully saturated rings. The third-order valence-corrected chi connectivity index (χ3v) is 5.50. The number of aromatic nitrogens is 1. The Hall–Kier alpha value is -1.18. The van der Waals surface area contributed by atoms with Gasteiger partial charge in [-0.2, -0.15) is 0 Å². The van der Waals surface area contributed by atoms with Crippen molar-refractivity contribution in [2.75, 3.05) is 33.8 Å². The van der Waals surface area contributed by atoms with Crippen molar-refractivity contribution in [2.24, 2.45) is 0 Å². The van der Waals surface area contributed by atoms with Crippen molar-refractivity contribution in [3.05, 3.63) is 16.1 Å². The molecule has 0 aliphatic carbocycles. The molecule has 3 heterocycles. The Morgan fingerprint density at radius 1 is 1.61 bits per heavy atom. The topological polar surface area (TPSA) is 57.7 Å². The molecule has 0 aromatic carbocycles. The molecule has 2 aliphatic heterocycles. The quantitative estimate of drug-likeness (QED) is 0.914. The van der Waals surface area contributed by atoms with Gasteiger partial charge in [-0.15, -0.1) is 11.3 Å². The van der Waals surface area contributed by atoms with Gasteiger partial charge in [0.15, 0.2) is 0 Å². The Bertz CT molecular complexity index is 562. The number of amides is 2. The maximum Gasteiger partial charge on any atom is 0.317 e. The van der Waals surface area contributed by atoms with Crippen LogP contribution in [0.5, 0.6) is 0 Å². The minimum Gasteiger partial charge on any atom is -0.373 e. The summed E-state index contributed by atoms with van der Waals surface area (Å²) in [6.45, 7) is 5.62. The van der Waals surface area contributed by atoms with Gasteiger partial charge in [-0.1, -0.05) is 0 Å². The van der Waals surface area contributed by atoms with E-state index in [1.807, 2.05) is 6.92 Å². The molecular weight excluding hydrogens is 312 g/mol. The molecule has 0 radical (unpaired) electrons. The van der Waals surface area contributed by atoms with E-state index in [0.717, 1.165) is 56.2 Å². The van der Waals surface area contributed by atoms with Crippen molar-refractivity contribution in [1.29, 1.82) is 0 Å². The third kappa shape index (κ3) is 4.02. The second-order valence-corrected chi connectivity index (χ2v) is 7.95. The van der Waals surface area contributed by atoms with Gasteiger partial charge in [0.2, 0.25) is 0 Å². The number of ether oxygens (including phenoxy) is 1. The summed E-state index contributed by atoms with van der Waals surface area (Å²) in [5, 5.41) is 6.38. The molecule has 2 saturated heterocycles. The van der Waals surface area contributed by atoms with E-state index in [1.54, 1.807) is 30.3 Å². The first-order valence-electron chi connectivity index (χ1n) is 8.21. The largest absolute Gasteiger partial charge is 0.373 e. The van der Waals surface area contributed by atoms with Crippen LogP contribution in [-0.2, 0) is 11.3 Å². The lowest BCUT2D eigenvalue weighted by atomic mass is 9.89. The maximum absolute atomic E-state index is 11.9. The molecule has 2 amide bonds. The van der Waals surface area contributed by atoms with E-state index in [9.17, 15) is 4.79 Å². The Morgan fingerprint density at radius 3 is 3.13 bits per heavy atom. The summed E-state index contributed by atoms with van der Waals surface area (Å²) < 4.78 is 6.15. The van der Waals surface area contributed by atoms with Crippen molar-refractivity contribution in [1.82, 2.24) is 20.1 Å². The Kier molecular flexibility index (Phi) is 4.89. The van der Waals surface area contributed by atoms with E-state index in [2.05, 4.69) is 20.6 Å². The van der Waals surface area contributed by atoms with Gasteiger partial charge < -0.3 is 15.0 Å². The monoisotopic (exact) mass is 338 g/mol. The van der Waals surface area contributed by atoms with E-state index < -0.39 is 0 Å². The number of rotatable bonds is 3. The van der Waals surface area contributed by atoms with E-state index in [1.165, 1.54) is 0 Å². The van der Waals surface area contributed by atoms with Crippen molar-refractivity contribution in [3.63, 3.8) is 0 Å². The Balaban J connectivity index is 1.56. The van der Waals surface area contributed by atoms with Gasteiger partial charge in [-0.3, -0.25) is 4.90 Å². The summed E-state index contributed by atoms with van der Waals surface area (Å²) in [7, 11) is 3.55. The molecular formula is C16H26N4O2S. The zero-order valence-electron chi connectivity index (χ0n) is 14.2. The lowest BCUT2D eigenvalue weighted by Gasteiger charge is -2.38. The number of hydrogen-bond donors (Lipinski definition) is 1. The van der Waals surface area contributed by atoms with E-state index in [0.29, 0.717) is 0 Å². The van der Waals surface area contributed by atoms with Crippen molar-refractivity contribution in [2.45, 2.75) is 44.4 Å². The summed E-state index contributed by atoms with van der Waals surface area (Å²) >= 11 is 1.70. The molecule has 3 rings (SSSR count). The summed E-state index contributed by atoms with van der Waals surface area (Å²) in [4.78, 5) is 20.4. The van der Waals surface area contributed by atoms with Gasteiger partial charge in [0.1, 0.15) is 0 Å². The standard InChI is InChI=1S/C16H26N4O2S/c1-12-17-14(10-23-12)9-20-6-5-16(11-20)8-13(4-7-22-16)18-15(21)19(2)3/h10,13H,4-9,11H2,1-3H3,(H,18,21)/t13-,16+/m0/s1. The smallest absolute Gasteiger partial charge is 0.317 e. The van der Waals surface area contributed by atoms with E-state index >= 15 is 0 Å². The molecule has 7 heteroatoms. The number of carbonyl (C=O) groups is 1. The molecule has 1 aromatic heterocycles. The molecule has 0 bridgehead atoms. The fourth-order valence-electron chi connectivity index (χ4n) is 3.51. The highest BCUT2D eigenvalue weighted by molar-refractivity contribution is 7.09.